The summed E-state index contributed by atoms with van der Waals surface area (Å²) in [7, 11) is -6.76. The van der Waals surface area contributed by atoms with Crippen LogP contribution in [0.2, 0.25) is 0 Å². The van der Waals surface area contributed by atoms with Crippen LogP contribution in [0, 0.1) is 13.8 Å². The van der Waals surface area contributed by atoms with Gasteiger partial charge in [-0.25, -0.2) is 4.79 Å². The highest BCUT2D eigenvalue weighted by Gasteiger charge is 2.73. The van der Waals surface area contributed by atoms with Gasteiger partial charge in [0.25, 0.3) is 0 Å². The average Bonchev–Trinajstić information content (AvgIpc) is 3.06. The number of hydrogen-bond acceptors (Lipinski definition) is 7. The van der Waals surface area contributed by atoms with E-state index in [0.29, 0.717) is 27.8 Å². The second-order valence-electron chi connectivity index (χ2n) is 14.0. The van der Waals surface area contributed by atoms with Crippen LogP contribution in [0.15, 0.2) is 75.4 Å². The molecule has 0 spiro atoms. The number of carbonyl (C=O) groups is 1. The molecule has 8 nitrogen and oxygen atoms in total. The molecule has 3 aromatic carbocycles. The number of halogens is 8. The Bertz CT molecular complexity index is 1900. The molecule has 1 aliphatic rings. The first-order valence-corrected chi connectivity index (χ1v) is 18.9. The van der Waals surface area contributed by atoms with Crippen molar-refractivity contribution in [2.24, 2.45) is 0 Å². The third-order valence-electron chi connectivity index (χ3n) is 8.70. The summed E-state index contributed by atoms with van der Waals surface area (Å²) in [5.41, 5.74) is 1.69. The summed E-state index contributed by atoms with van der Waals surface area (Å²) in [6.45, 7) is 5.89. The first-order valence-electron chi connectivity index (χ1n) is 16.2. The van der Waals surface area contributed by atoms with Crippen molar-refractivity contribution in [3.05, 3.63) is 82.9 Å². The van der Waals surface area contributed by atoms with Gasteiger partial charge in [0.15, 0.2) is 20.5 Å². The van der Waals surface area contributed by atoms with Gasteiger partial charge in [0, 0.05) is 17.7 Å². The molecule has 0 aliphatic carbocycles. The van der Waals surface area contributed by atoms with Gasteiger partial charge in [-0.2, -0.15) is 43.5 Å². The van der Waals surface area contributed by atoms with Crippen molar-refractivity contribution in [1.82, 2.24) is 0 Å². The first kappa shape index (κ1) is 43.4. The Morgan fingerprint density at radius 2 is 1.30 bits per heavy atom. The Morgan fingerprint density at radius 1 is 0.852 bits per heavy atom. The lowest BCUT2D eigenvalue weighted by Gasteiger charge is -2.40. The molecule has 1 heterocycles. The Kier molecular flexibility index (Phi) is 12.1. The molecule has 0 bridgehead atoms. The fourth-order valence-electron chi connectivity index (χ4n) is 5.34. The summed E-state index contributed by atoms with van der Waals surface area (Å²) < 4.78 is 163. The van der Waals surface area contributed by atoms with Crippen molar-refractivity contribution in [3.63, 3.8) is 0 Å². The van der Waals surface area contributed by atoms with E-state index in [0.717, 1.165) is 17.4 Å². The zero-order valence-corrected chi connectivity index (χ0v) is 31.8. The molecule has 18 heteroatoms. The topological polar surface area (TPSA) is 108 Å². The van der Waals surface area contributed by atoms with E-state index in [2.05, 4.69) is 4.74 Å². The fraction of sp³-hybridized carbons (Fsp3) is 0.472. The van der Waals surface area contributed by atoms with Crippen LogP contribution in [0.4, 0.5) is 35.1 Å². The first-order chi connectivity index (χ1) is 24.5. The van der Waals surface area contributed by atoms with Crippen LogP contribution in [0.5, 0.6) is 5.75 Å². The summed E-state index contributed by atoms with van der Waals surface area (Å²) in [5.74, 6) is -19.4. The van der Waals surface area contributed by atoms with Gasteiger partial charge < -0.3 is 18.9 Å². The van der Waals surface area contributed by atoms with Gasteiger partial charge >= 0.3 is 39.1 Å². The highest BCUT2D eigenvalue weighted by atomic mass is 32.2. The molecule has 1 N–H and O–H groups in total. The van der Waals surface area contributed by atoms with E-state index in [1.165, 1.54) is 12.1 Å². The minimum absolute atomic E-state index is 0.00444. The quantitative estimate of drug-likeness (QED) is 0.0713. The summed E-state index contributed by atoms with van der Waals surface area (Å²) >= 11 is 0. The number of aryl methyl sites for hydroxylation is 2. The normalized spacial score (nSPS) is 19.6. The predicted molar refractivity (Wildman–Crippen MR) is 181 cm³/mol. The van der Waals surface area contributed by atoms with Gasteiger partial charge in [0.05, 0.1) is 10.9 Å². The molecule has 2 unspecified atom stereocenters. The molecular weight excluding hydrogens is 777 g/mol. The van der Waals surface area contributed by atoms with E-state index in [1.54, 1.807) is 38.1 Å². The van der Waals surface area contributed by atoms with E-state index in [1.807, 2.05) is 45.0 Å². The zero-order valence-electron chi connectivity index (χ0n) is 30.1. The minimum atomic E-state index is -5.82. The second-order valence-corrected chi connectivity index (χ2v) is 17.5. The van der Waals surface area contributed by atoms with Gasteiger partial charge in [-0.05, 0) is 86.2 Å². The fourth-order valence-corrected chi connectivity index (χ4v) is 8.05. The molecule has 298 valence electrons. The Morgan fingerprint density at radius 3 is 1.72 bits per heavy atom. The lowest BCUT2D eigenvalue weighted by molar-refractivity contribution is -0.387. The second kappa shape index (κ2) is 15.0. The lowest BCUT2D eigenvalue weighted by atomic mass is 9.87. The molecule has 0 saturated carbocycles. The smallest absolute Gasteiger partial charge is 0.394 e. The number of carbonyl (C=O) groups excluding carboxylic acids is 1. The summed E-state index contributed by atoms with van der Waals surface area (Å²) in [4.78, 5) is 14.7. The van der Waals surface area contributed by atoms with Crippen molar-refractivity contribution >= 4 is 27.0 Å². The van der Waals surface area contributed by atoms with Gasteiger partial charge in [0.1, 0.15) is 31.7 Å². The summed E-state index contributed by atoms with van der Waals surface area (Å²) in [5, 5.41) is -4.69. The highest BCUT2D eigenvalue weighted by molar-refractivity contribution is 7.97. The number of benzene rings is 3. The molecule has 0 amide bonds. The molecule has 3 aromatic rings. The number of rotatable bonds is 10. The maximum atomic E-state index is 14.2. The summed E-state index contributed by atoms with van der Waals surface area (Å²) in [6, 6.07) is 17.0. The van der Waals surface area contributed by atoms with Crippen LogP contribution in [0.1, 0.15) is 56.9 Å². The van der Waals surface area contributed by atoms with Crippen LogP contribution in [-0.2, 0) is 51.2 Å². The van der Waals surface area contributed by atoms with E-state index in [4.69, 9.17) is 18.8 Å². The zero-order chi connectivity index (χ0) is 40.9. The van der Waals surface area contributed by atoms with Crippen LogP contribution in [0.3, 0.4) is 0 Å². The molecule has 1 saturated heterocycles. The van der Waals surface area contributed by atoms with Gasteiger partial charge in [0.2, 0.25) is 0 Å². The molecule has 2 atom stereocenters. The van der Waals surface area contributed by atoms with Crippen molar-refractivity contribution < 1.29 is 71.8 Å². The maximum Gasteiger partial charge on any atom is 0.394 e. The monoisotopic (exact) mass is 815 g/mol. The number of hydrogen-bond donors (Lipinski definition) is 1. The average molecular weight is 816 g/mol. The number of esters is 1. The van der Waals surface area contributed by atoms with E-state index >= 15 is 0 Å². The molecule has 54 heavy (non-hydrogen) atoms. The molecule has 0 radical (unpaired) electrons. The van der Waals surface area contributed by atoms with Crippen LogP contribution in [-0.4, -0.2) is 67.9 Å². The largest absolute Gasteiger partial charge is 0.424 e. The third-order valence-corrected chi connectivity index (χ3v) is 11.9. The standard InChI is InChI=1S/C36H38F8O8S2/c1-21-16-28(17-22(2)30(21)52-29(45)18-49-23(3)35(41,42)54(46,47)48)53(26-12-8-24(9-13-26)31(4,5)6)27-14-10-25(11-15-27)32(7)50-19-33(37,38)36(43,44)34(39,40)20-51-32/h8-17,23H,18-20H2,1-7H3/p+1. The van der Waals surface area contributed by atoms with Crippen molar-refractivity contribution in [1.29, 1.82) is 0 Å². The maximum absolute atomic E-state index is 14.2. The Hall–Kier alpha value is -3.29. The molecular formula is C36H39F8O8S2+. The number of ether oxygens (including phenoxy) is 4. The molecule has 1 fully saturated rings. The Labute approximate surface area is 310 Å². The van der Waals surface area contributed by atoms with E-state index in [9.17, 15) is 48.3 Å². The van der Waals surface area contributed by atoms with Crippen molar-refractivity contribution in [2.45, 2.75) is 103 Å². The SMILES string of the molecule is Cc1cc([S+](c2ccc(C(C)(C)C)cc2)c2ccc(C3(C)OCC(F)(F)C(F)(F)C(F)(F)CO3)cc2)cc(C)c1OC(=O)COC(C)C(F)(F)S(=O)(=O)O. The van der Waals surface area contributed by atoms with Crippen molar-refractivity contribution in [3.8, 4) is 5.75 Å². The molecule has 1 aliphatic heterocycles. The van der Waals surface area contributed by atoms with Crippen LogP contribution < -0.4 is 4.74 Å². The summed E-state index contributed by atoms with van der Waals surface area (Å²) in [6.07, 6.45) is -2.39. The molecule has 0 aromatic heterocycles. The van der Waals surface area contributed by atoms with Gasteiger partial charge in [-0.3, -0.25) is 4.55 Å². The van der Waals surface area contributed by atoms with Crippen LogP contribution in [0.25, 0.3) is 0 Å². The van der Waals surface area contributed by atoms with Gasteiger partial charge in [-0.1, -0.05) is 32.9 Å². The predicted octanol–water partition coefficient (Wildman–Crippen LogP) is 8.61. The van der Waals surface area contributed by atoms with Crippen molar-refractivity contribution in [2.75, 3.05) is 19.8 Å². The Balaban J connectivity index is 1.68. The van der Waals surface area contributed by atoms with E-state index in [-0.39, 0.29) is 16.7 Å². The lowest BCUT2D eigenvalue weighted by Crippen LogP contribution is -2.61. The third kappa shape index (κ3) is 8.73. The highest BCUT2D eigenvalue weighted by Crippen LogP contribution is 2.49. The number of alkyl halides is 8. The molecule has 4 rings (SSSR count). The van der Waals surface area contributed by atoms with Gasteiger partial charge in [-0.15, -0.1) is 0 Å². The van der Waals surface area contributed by atoms with Crippen LogP contribution >= 0.6 is 0 Å². The van der Waals surface area contributed by atoms with E-state index < -0.39 is 81.7 Å². The minimum Gasteiger partial charge on any atom is -0.424 e.